The smallest absolute Gasteiger partial charge is 0.402 e. The molecule has 0 amide bonds. The molecule has 0 radical (unpaired) electrons. The van der Waals surface area contributed by atoms with Crippen LogP contribution in [0.25, 0.3) is 0 Å². The molecule has 0 aromatic rings. The van der Waals surface area contributed by atoms with Crippen LogP contribution in [0.3, 0.4) is 0 Å². The zero-order valence-corrected chi connectivity index (χ0v) is 7.48. The quantitative estimate of drug-likeness (QED) is 0.546. The first-order valence-corrected chi connectivity index (χ1v) is 4.65. The van der Waals surface area contributed by atoms with Gasteiger partial charge in [-0.3, -0.25) is 9.35 Å². The van der Waals surface area contributed by atoms with Crippen LogP contribution in [-0.4, -0.2) is 30.8 Å². The second kappa shape index (κ2) is 3.97. The van der Waals surface area contributed by atoms with Gasteiger partial charge in [0.25, 0.3) is 0 Å². The molecule has 0 rings (SSSR count). The van der Waals surface area contributed by atoms with E-state index >= 15 is 0 Å². The van der Waals surface area contributed by atoms with Crippen LogP contribution in [0.4, 0.5) is 8.78 Å². The average molecular weight is 218 g/mol. The van der Waals surface area contributed by atoms with Crippen LogP contribution in [0.1, 0.15) is 13.3 Å². The van der Waals surface area contributed by atoms with Gasteiger partial charge in [0.05, 0.1) is 0 Å². The van der Waals surface area contributed by atoms with Crippen molar-refractivity contribution in [3.05, 3.63) is 0 Å². The van der Waals surface area contributed by atoms with Crippen molar-refractivity contribution in [1.29, 1.82) is 0 Å². The molecule has 0 aliphatic heterocycles. The van der Waals surface area contributed by atoms with Gasteiger partial charge < -0.3 is 4.74 Å². The summed E-state index contributed by atoms with van der Waals surface area (Å²) in [5.41, 5.74) is 0. The van der Waals surface area contributed by atoms with Crippen molar-refractivity contribution < 1.29 is 31.3 Å². The Hall–Kier alpha value is -0.760. The Kier molecular flexibility index (Phi) is 3.73. The maximum absolute atomic E-state index is 12.3. The van der Waals surface area contributed by atoms with Crippen LogP contribution in [-0.2, 0) is 19.6 Å². The van der Waals surface area contributed by atoms with E-state index in [9.17, 15) is 22.0 Å². The van der Waals surface area contributed by atoms with Crippen molar-refractivity contribution >= 4 is 16.1 Å². The molecule has 0 saturated carbocycles. The maximum Gasteiger partial charge on any atom is 0.402 e. The Balaban J connectivity index is 4.29. The Morgan fingerprint density at radius 2 is 2.00 bits per heavy atom. The van der Waals surface area contributed by atoms with E-state index in [0.29, 0.717) is 0 Å². The van der Waals surface area contributed by atoms with Gasteiger partial charge in [0, 0.05) is 6.42 Å². The van der Waals surface area contributed by atoms with Crippen LogP contribution in [0.15, 0.2) is 0 Å². The zero-order chi connectivity index (χ0) is 10.7. The number of carbonyl (C=O) groups is 1. The first kappa shape index (κ1) is 12.2. The fraction of sp³-hybridized carbons (Fsp3) is 0.800. The minimum Gasteiger partial charge on any atom is -0.458 e. The molecule has 0 heterocycles. The highest BCUT2D eigenvalue weighted by molar-refractivity contribution is 7.86. The molecular formula is C5H8F2O5S. The summed E-state index contributed by atoms with van der Waals surface area (Å²) in [6.07, 6.45) is -0.151. The van der Waals surface area contributed by atoms with Crippen molar-refractivity contribution in [1.82, 2.24) is 0 Å². The minimum atomic E-state index is -5.52. The van der Waals surface area contributed by atoms with Gasteiger partial charge >= 0.3 is 21.3 Å². The fourth-order valence-corrected chi connectivity index (χ4v) is 0.549. The topological polar surface area (TPSA) is 80.7 Å². The number of esters is 1. The van der Waals surface area contributed by atoms with E-state index in [0.717, 1.165) is 0 Å². The molecule has 0 unspecified atom stereocenters. The van der Waals surface area contributed by atoms with Crippen LogP contribution in [0.2, 0.25) is 0 Å². The van der Waals surface area contributed by atoms with Crippen molar-refractivity contribution in [3.8, 4) is 0 Å². The summed E-state index contributed by atoms with van der Waals surface area (Å²) in [6.45, 7) is -0.313. The summed E-state index contributed by atoms with van der Waals surface area (Å²) in [4.78, 5) is 10.4. The zero-order valence-electron chi connectivity index (χ0n) is 6.66. The van der Waals surface area contributed by atoms with E-state index in [1.807, 2.05) is 0 Å². The monoisotopic (exact) mass is 218 g/mol. The Morgan fingerprint density at radius 1 is 1.54 bits per heavy atom. The van der Waals surface area contributed by atoms with E-state index in [-0.39, 0.29) is 6.42 Å². The normalized spacial score (nSPS) is 12.6. The molecule has 5 nitrogen and oxygen atoms in total. The van der Waals surface area contributed by atoms with Gasteiger partial charge in [-0.25, -0.2) is 0 Å². The Morgan fingerprint density at radius 3 is 2.31 bits per heavy atom. The number of halogens is 2. The molecule has 0 aromatic heterocycles. The predicted octanol–water partition coefficient (Wildman–Crippen LogP) is 0.420. The van der Waals surface area contributed by atoms with E-state index in [1.165, 1.54) is 6.92 Å². The highest BCUT2D eigenvalue weighted by atomic mass is 32.2. The first-order valence-electron chi connectivity index (χ1n) is 3.21. The summed E-state index contributed by atoms with van der Waals surface area (Å²) in [6, 6.07) is 0. The third-order valence-electron chi connectivity index (χ3n) is 1.07. The van der Waals surface area contributed by atoms with E-state index in [1.54, 1.807) is 0 Å². The summed E-state index contributed by atoms with van der Waals surface area (Å²) < 4.78 is 56.4. The van der Waals surface area contributed by atoms with Gasteiger partial charge in [0.15, 0.2) is 6.61 Å². The highest BCUT2D eigenvalue weighted by Gasteiger charge is 2.45. The van der Waals surface area contributed by atoms with E-state index in [2.05, 4.69) is 4.74 Å². The van der Waals surface area contributed by atoms with Crippen LogP contribution >= 0.6 is 0 Å². The van der Waals surface area contributed by atoms with Crippen molar-refractivity contribution in [2.75, 3.05) is 6.61 Å². The molecule has 1 N–H and O–H groups in total. The summed E-state index contributed by atoms with van der Waals surface area (Å²) >= 11 is 0. The van der Waals surface area contributed by atoms with Crippen LogP contribution < -0.4 is 0 Å². The molecular weight excluding hydrogens is 210 g/mol. The summed E-state index contributed by atoms with van der Waals surface area (Å²) in [5, 5.41) is -4.45. The fourth-order valence-electron chi connectivity index (χ4n) is 0.341. The molecule has 0 aliphatic rings. The van der Waals surface area contributed by atoms with Gasteiger partial charge in [-0.15, -0.1) is 0 Å². The lowest BCUT2D eigenvalue weighted by molar-refractivity contribution is -0.149. The standard InChI is InChI=1S/C5H8F2O5S/c1-2-4(8)12-3-5(6,7)13(9,10)11/h2-3H2,1H3,(H,9,10,11). The highest BCUT2D eigenvalue weighted by Crippen LogP contribution is 2.20. The van der Waals surface area contributed by atoms with Crippen molar-refractivity contribution in [2.24, 2.45) is 0 Å². The van der Waals surface area contributed by atoms with Crippen molar-refractivity contribution in [2.45, 2.75) is 18.6 Å². The summed E-state index contributed by atoms with van der Waals surface area (Å²) in [7, 11) is -5.52. The lowest BCUT2D eigenvalue weighted by atomic mass is 10.5. The number of hydrogen-bond acceptors (Lipinski definition) is 4. The van der Waals surface area contributed by atoms with E-state index < -0.39 is 27.9 Å². The van der Waals surface area contributed by atoms with E-state index in [4.69, 9.17) is 4.55 Å². The maximum atomic E-state index is 12.3. The van der Waals surface area contributed by atoms with Gasteiger partial charge in [0.2, 0.25) is 0 Å². The third kappa shape index (κ3) is 3.64. The minimum absolute atomic E-state index is 0.151. The lowest BCUT2D eigenvalue weighted by Gasteiger charge is -2.12. The molecule has 0 spiro atoms. The largest absolute Gasteiger partial charge is 0.458 e. The molecule has 0 aliphatic carbocycles. The Labute approximate surface area is 73.4 Å². The molecule has 78 valence electrons. The third-order valence-corrected chi connectivity index (χ3v) is 1.94. The SMILES string of the molecule is CCC(=O)OCC(F)(F)S(=O)(=O)O. The number of rotatable bonds is 4. The Bertz CT molecular complexity index is 283. The molecule has 0 bridgehead atoms. The molecule has 0 aromatic carbocycles. The average Bonchev–Trinajstić information content (AvgIpc) is 1.98. The molecule has 0 fully saturated rings. The first-order chi connectivity index (χ1) is 5.70. The molecule has 8 heteroatoms. The van der Waals surface area contributed by atoms with Crippen LogP contribution in [0, 0.1) is 0 Å². The number of hydrogen-bond donors (Lipinski definition) is 1. The van der Waals surface area contributed by atoms with Crippen molar-refractivity contribution in [3.63, 3.8) is 0 Å². The number of alkyl halides is 2. The number of carbonyl (C=O) groups excluding carboxylic acids is 1. The number of ether oxygens (including phenoxy) is 1. The second-order valence-corrected chi connectivity index (χ2v) is 3.67. The van der Waals surface area contributed by atoms with Gasteiger partial charge in [0.1, 0.15) is 0 Å². The van der Waals surface area contributed by atoms with Gasteiger partial charge in [-0.05, 0) is 0 Å². The van der Waals surface area contributed by atoms with Crippen LogP contribution in [0.5, 0.6) is 0 Å². The lowest BCUT2D eigenvalue weighted by Crippen LogP contribution is -2.34. The van der Waals surface area contributed by atoms with Gasteiger partial charge in [-0.2, -0.15) is 17.2 Å². The molecule has 13 heavy (non-hydrogen) atoms. The summed E-state index contributed by atoms with van der Waals surface area (Å²) in [5.74, 6) is -0.969. The predicted molar refractivity (Wildman–Crippen MR) is 37.7 cm³/mol. The molecule has 0 saturated heterocycles. The molecule has 0 atom stereocenters. The van der Waals surface area contributed by atoms with Gasteiger partial charge in [-0.1, -0.05) is 6.92 Å². The second-order valence-electron chi connectivity index (χ2n) is 2.13.